The average Bonchev–Trinajstić information content (AvgIpc) is 2.58. The van der Waals surface area contributed by atoms with E-state index in [1.807, 2.05) is 0 Å². The van der Waals surface area contributed by atoms with Gasteiger partial charge in [-0.05, 0) is 12.8 Å². The van der Waals surface area contributed by atoms with E-state index in [1.165, 1.54) is 0 Å². The molecule has 2 rings (SSSR count). The normalized spacial score (nSPS) is 31.0. The Morgan fingerprint density at radius 3 is 2.75 bits per heavy atom. The lowest BCUT2D eigenvalue weighted by Crippen LogP contribution is -2.45. The first kappa shape index (κ1) is 11.4. The number of carbonyl (C=O) groups is 2. The van der Waals surface area contributed by atoms with Gasteiger partial charge in [0.05, 0.1) is 12.0 Å². The van der Waals surface area contributed by atoms with Crippen molar-refractivity contribution in [2.24, 2.45) is 5.92 Å². The molecule has 0 aromatic rings. The van der Waals surface area contributed by atoms with Crippen LogP contribution >= 0.6 is 0 Å². The van der Waals surface area contributed by atoms with Gasteiger partial charge in [-0.1, -0.05) is 0 Å². The summed E-state index contributed by atoms with van der Waals surface area (Å²) < 4.78 is 0. The quantitative estimate of drug-likeness (QED) is 0.652. The Morgan fingerprint density at radius 2 is 2.19 bits per heavy atom. The van der Waals surface area contributed by atoms with E-state index in [0.717, 1.165) is 12.8 Å². The summed E-state index contributed by atoms with van der Waals surface area (Å²) in [6.07, 6.45) is 1.55. The largest absolute Gasteiger partial charge is 0.391 e. The first-order chi connectivity index (χ1) is 7.58. The van der Waals surface area contributed by atoms with Gasteiger partial charge in [-0.15, -0.1) is 0 Å². The number of amides is 2. The molecule has 2 saturated heterocycles. The number of piperidine rings is 1. The van der Waals surface area contributed by atoms with E-state index in [4.69, 9.17) is 0 Å². The van der Waals surface area contributed by atoms with Gasteiger partial charge in [-0.3, -0.25) is 9.59 Å². The minimum atomic E-state index is -0.396. The van der Waals surface area contributed by atoms with Crippen LogP contribution in [0.25, 0.3) is 0 Å². The molecule has 0 aromatic heterocycles. The van der Waals surface area contributed by atoms with Crippen molar-refractivity contribution >= 4 is 11.8 Å². The summed E-state index contributed by atoms with van der Waals surface area (Å²) in [4.78, 5) is 26.7. The summed E-state index contributed by atoms with van der Waals surface area (Å²) in [5.41, 5.74) is 0. The lowest BCUT2D eigenvalue weighted by atomic mass is 10.0. The predicted octanol–water partition coefficient (Wildman–Crippen LogP) is -0.552. The Morgan fingerprint density at radius 1 is 1.44 bits per heavy atom. The molecule has 0 spiro atoms. The van der Waals surface area contributed by atoms with E-state index in [1.54, 1.807) is 16.8 Å². The van der Waals surface area contributed by atoms with E-state index in [9.17, 15) is 14.7 Å². The molecule has 5 heteroatoms. The Labute approximate surface area is 95.0 Å². The number of hydrogen-bond acceptors (Lipinski definition) is 3. The van der Waals surface area contributed by atoms with Crippen molar-refractivity contribution < 1.29 is 14.7 Å². The third-order valence-corrected chi connectivity index (χ3v) is 3.40. The molecule has 2 amide bonds. The van der Waals surface area contributed by atoms with Gasteiger partial charge in [0, 0.05) is 33.1 Å². The Bertz CT molecular complexity index is 306. The van der Waals surface area contributed by atoms with Gasteiger partial charge in [0.2, 0.25) is 11.8 Å². The molecule has 1 unspecified atom stereocenters. The smallest absolute Gasteiger partial charge is 0.228 e. The number of hydrogen-bond donors (Lipinski definition) is 1. The summed E-state index contributed by atoms with van der Waals surface area (Å²) in [6.45, 7) is 1.65. The number of rotatable bonds is 1. The zero-order chi connectivity index (χ0) is 11.7. The summed E-state index contributed by atoms with van der Waals surface area (Å²) in [6, 6.07) is 0. The third-order valence-electron chi connectivity index (χ3n) is 3.40. The van der Waals surface area contributed by atoms with Crippen LogP contribution in [-0.4, -0.2) is 59.5 Å². The molecule has 90 valence electrons. The van der Waals surface area contributed by atoms with Crippen molar-refractivity contribution in [3.05, 3.63) is 0 Å². The fourth-order valence-corrected chi connectivity index (χ4v) is 2.44. The number of aliphatic hydroxyl groups is 1. The second-order valence-electron chi connectivity index (χ2n) is 4.76. The molecule has 2 fully saturated rings. The monoisotopic (exact) mass is 226 g/mol. The number of nitrogens with zero attached hydrogens (tertiary/aromatic N) is 2. The molecule has 2 aliphatic rings. The van der Waals surface area contributed by atoms with Crippen LogP contribution in [0.3, 0.4) is 0 Å². The predicted molar refractivity (Wildman–Crippen MR) is 57.6 cm³/mol. The van der Waals surface area contributed by atoms with Gasteiger partial charge < -0.3 is 14.9 Å². The highest BCUT2D eigenvalue weighted by Gasteiger charge is 2.35. The maximum atomic E-state index is 12.1. The molecule has 16 heavy (non-hydrogen) atoms. The number of likely N-dealkylation sites (tertiary alicyclic amines) is 2. The van der Waals surface area contributed by atoms with E-state index in [0.29, 0.717) is 26.1 Å². The topological polar surface area (TPSA) is 60.9 Å². The highest BCUT2D eigenvalue weighted by atomic mass is 16.3. The maximum absolute atomic E-state index is 12.1. The van der Waals surface area contributed by atoms with Crippen LogP contribution in [0.15, 0.2) is 0 Å². The van der Waals surface area contributed by atoms with Crippen molar-refractivity contribution in [2.75, 3.05) is 26.7 Å². The van der Waals surface area contributed by atoms with E-state index in [2.05, 4.69) is 0 Å². The molecule has 2 aliphatic heterocycles. The number of aliphatic hydroxyl groups excluding tert-OH is 1. The second kappa shape index (κ2) is 4.41. The number of β-amino-alcohol motifs (C(OH)–C–C–N with tert-alkyl or cyclic N) is 1. The molecule has 0 saturated carbocycles. The van der Waals surface area contributed by atoms with Gasteiger partial charge in [0.15, 0.2) is 0 Å². The highest BCUT2D eigenvalue weighted by molar-refractivity contribution is 5.89. The van der Waals surface area contributed by atoms with Crippen LogP contribution in [0.2, 0.25) is 0 Å². The minimum Gasteiger partial charge on any atom is -0.391 e. The van der Waals surface area contributed by atoms with Crippen LogP contribution in [-0.2, 0) is 9.59 Å². The zero-order valence-corrected chi connectivity index (χ0v) is 9.56. The first-order valence-electron chi connectivity index (χ1n) is 5.78. The fraction of sp³-hybridized carbons (Fsp3) is 0.818. The highest BCUT2D eigenvalue weighted by Crippen LogP contribution is 2.21. The molecule has 2 heterocycles. The Balaban J connectivity index is 1.94. The Hall–Kier alpha value is -1.10. The first-order valence-corrected chi connectivity index (χ1v) is 5.78. The number of carbonyl (C=O) groups excluding carboxylic acids is 2. The standard InChI is InChI=1S/C11H18N2O3/c1-12-6-8(5-10(12)15)11(16)13-4-2-3-9(14)7-13/h8-9,14H,2-7H2,1H3/t8?,9-/m0/s1. The molecule has 2 atom stereocenters. The van der Waals surface area contributed by atoms with Crippen molar-refractivity contribution in [1.82, 2.24) is 9.80 Å². The van der Waals surface area contributed by atoms with Gasteiger partial charge >= 0.3 is 0 Å². The maximum Gasteiger partial charge on any atom is 0.228 e. The molecule has 5 nitrogen and oxygen atoms in total. The molecule has 1 N–H and O–H groups in total. The van der Waals surface area contributed by atoms with Crippen LogP contribution in [0.4, 0.5) is 0 Å². The van der Waals surface area contributed by atoms with Gasteiger partial charge in [0.25, 0.3) is 0 Å². The molecule has 0 bridgehead atoms. The second-order valence-corrected chi connectivity index (χ2v) is 4.76. The van der Waals surface area contributed by atoms with Crippen molar-refractivity contribution in [1.29, 1.82) is 0 Å². The average molecular weight is 226 g/mol. The molecule has 0 aromatic carbocycles. The van der Waals surface area contributed by atoms with Crippen molar-refractivity contribution in [3.8, 4) is 0 Å². The Kier molecular flexibility index (Phi) is 3.14. The lowest BCUT2D eigenvalue weighted by molar-refractivity contribution is -0.138. The summed E-state index contributed by atoms with van der Waals surface area (Å²) in [5.74, 6) is -0.143. The molecular formula is C11H18N2O3. The van der Waals surface area contributed by atoms with Gasteiger partial charge in [-0.25, -0.2) is 0 Å². The van der Waals surface area contributed by atoms with Gasteiger partial charge in [-0.2, -0.15) is 0 Å². The minimum absolute atomic E-state index is 0.0245. The van der Waals surface area contributed by atoms with E-state index < -0.39 is 6.10 Å². The SMILES string of the molecule is CN1CC(C(=O)N2CCC[C@H](O)C2)CC1=O. The van der Waals surface area contributed by atoms with Crippen LogP contribution in [0.5, 0.6) is 0 Å². The summed E-state index contributed by atoms with van der Waals surface area (Å²) in [5, 5.41) is 9.50. The summed E-state index contributed by atoms with van der Waals surface area (Å²) in [7, 11) is 1.72. The fourth-order valence-electron chi connectivity index (χ4n) is 2.44. The molecular weight excluding hydrogens is 208 g/mol. The van der Waals surface area contributed by atoms with Gasteiger partial charge in [0.1, 0.15) is 0 Å². The molecule has 0 aliphatic carbocycles. The van der Waals surface area contributed by atoms with Crippen molar-refractivity contribution in [3.63, 3.8) is 0 Å². The van der Waals surface area contributed by atoms with Crippen LogP contribution < -0.4 is 0 Å². The summed E-state index contributed by atoms with van der Waals surface area (Å²) >= 11 is 0. The van der Waals surface area contributed by atoms with E-state index >= 15 is 0 Å². The molecule has 0 radical (unpaired) electrons. The van der Waals surface area contributed by atoms with E-state index in [-0.39, 0.29) is 17.7 Å². The van der Waals surface area contributed by atoms with Crippen molar-refractivity contribution in [2.45, 2.75) is 25.4 Å². The lowest BCUT2D eigenvalue weighted by Gasteiger charge is -2.31. The third kappa shape index (κ3) is 2.19. The van der Waals surface area contributed by atoms with Crippen LogP contribution in [0.1, 0.15) is 19.3 Å². The zero-order valence-electron chi connectivity index (χ0n) is 9.56. The van der Waals surface area contributed by atoms with Crippen LogP contribution in [0, 0.1) is 5.92 Å².